The largest absolute Gasteiger partial charge is 0.457 e. The third-order valence-corrected chi connectivity index (χ3v) is 13.1. The van der Waals surface area contributed by atoms with E-state index in [1.165, 1.54) is 22.6 Å². The first-order chi connectivity index (χ1) is 31.3. The number of nitrogens with zero attached hydrogens (tertiary/aromatic N) is 6. The number of imidazole rings is 1. The number of aliphatic hydroxyl groups is 1. The molecular weight excluding hydrogens is 865 g/mol. The van der Waals surface area contributed by atoms with E-state index in [4.69, 9.17) is 32.9 Å². The maximum Gasteiger partial charge on any atom is 0.247 e. The summed E-state index contributed by atoms with van der Waals surface area (Å²) in [5.74, 6) is -0.865. The van der Waals surface area contributed by atoms with Crippen LogP contribution in [0.5, 0.6) is 11.5 Å². The van der Waals surface area contributed by atoms with Gasteiger partial charge in [0, 0.05) is 55.3 Å². The van der Waals surface area contributed by atoms with Crippen molar-refractivity contribution in [2.45, 2.75) is 70.2 Å². The number of likely N-dealkylation sites (tertiary alicyclic amines) is 1. The second-order valence-electron chi connectivity index (χ2n) is 17.2. The van der Waals surface area contributed by atoms with Crippen molar-refractivity contribution in [1.29, 1.82) is 0 Å². The van der Waals surface area contributed by atoms with Crippen LogP contribution in [0.1, 0.15) is 48.7 Å². The molecule has 0 radical (unpaired) electrons. The van der Waals surface area contributed by atoms with E-state index in [2.05, 4.69) is 14.8 Å². The summed E-state index contributed by atoms with van der Waals surface area (Å²) in [6, 6.07) is 26.4. The molecule has 2 aliphatic heterocycles. The zero-order valence-electron chi connectivity index (χ0n) is 37.3. The first-order valence-corrected chi connectivity index (χ1v) is 22.8. The number of ether oxygens (including phenoxy) is 1. The van der Waals surface area contributed by atoms with Gasteiger partial charge in [0.1, 0.15) is 29.4 Å². The molecule has 15 heteroatoms. The Kier molecular flexibility index (Phi) is 15.6. The third kappa shape index (κ3) is 11.8. The molecular formula is C50H57Cl2N7O6. The smallest absolute Gasteiger partial charge is 0.247 e. The standard InChI is InChI=1S/C50H57Cl2N7O6/c1-33-48(62)54-43(32-60)50(64)56(3)41(25-35-12-17-39(51)18-13-35)30-55(2)49(63)38(24-34-10-6-5-7-11-34)26-47(61)59(33)29-37-14-19-40(52)27-45(37)65-42-20-15-36(16-21-42)44-28-53-46(57(44)4)31-58-22-8-9-23-58/h5-7,10-21,27-28,33,38,41,43,60H,8-9,22-26,29-32H2,1-4H3,(H,54,62)/t33-,38+,41+,43-/m0/s1. The third-order valence-electron chi connectivity index (χ3n) is 12.6. The van der Waals surface area contributed by atoms with Gasteiger partial charge < -0.3 is 34.4 Å². The molecule has 4 amide bonds. The molecule has 4 aromatic carbocycles. The molecule has 5 aromatic rings. The van der Waals surface area contributed by atoms with E-state index < -0.39 is 48.4 Å². The fourth-order valence-electron chi connectivity index (χ4n) is 8.66. The molecule has 0 saturated carbocycles. The van der Waals surface area contributed by atoms with Crippen LogP contribution in [0, 0.1) is 5.92 Å². The zero-order valence-corrected chi connectivity index (χ0v) is 38.8. The Bertz CT molecular complexity index is 2440. The Hall–Kier alpha value is -5.73. The monoisotopic (exact) mass is 921 g/mol. The minimum atomic E-state index is -1.32. The lowest BCUT2D eigenvalue weighted by Crippen LogP contribution is -2.58. The summed E-state index contributed by atoms with van der Waals surface area (Å²) >= 11 is 12.7. The second kappa shape index (κ2) is 21.5. The number of nitrogens with one attached hydrogen (secondary N) is 1. The summed E-state index contributed by atoms with van der Waals surface area (Å²) in [6.45, 7) is 3.86. The lowest BCUT2D eigenvalue weighted by Gasteiger charge is -2.37. The van der Waals surface area contributed by atoms with Crippen molar-refractivity contribution in [3.8, 4) is 22.8 Å². The van der Waals surface area contributed by atoms with E-state index in [0.29, 0.717) is 33.5 Å². The van der Waals surface area contributed by atoms with Gasteiger partial charge in [-0.05, 0) is 105 Å². The van der Waals surface area contributed by atoms with E-state index in [-0.39, 0.29) is 31.8 Å². The van der Waals surface area contributed by atoms with Crippen LogP contribution in [0.2, 0.25) is 10.0 Å². The molecule has 342 valence electrons. The van der Waals surface area contributed by atoms with Gasteiger partial charge in [-0.15, -0.1) is 0 Å². The topological polar surface area (TPSA) is 141 Å². The number of carbonyl (C=O) groups is 4. The fraction of sp³-hybridized carbons (Fsp3) is 0.380. The number of carbonyl (C=O) groups excluding carboxylic acids is 4. The Labute approximate surface area is 390 Å². The summed E-state index contributed by atoms with van der Waals surface area (Å²) in [7, 11) is 5.30. The average molecular weight is 923 g/mol. The molecule has 2 aliphatic rings. The summed E-state index contributed by atoms with van der Waals surface area (Å²) in [4.78, 5) is 69.3. The normalized spacial score (nSPS) is 20.6. The first-order valence-electron chi connectivity index (χ1n) is 22.1. The van der Waals surface area contributed by atoms with E-state index in [9.17, 15) is 24.3 Å². The van der Waals surface area contributed by atoms with Crippen LogP contribution in [0.3, 0.4) is 0 Å². The molecule has 2 saturated heterocycles. The molecule has 0 aliphatic carbocycles. The highest BCUT2D eigenvalue weighted by Crippen LogP contribution is 2.33. The number of aliphatic hydroxyl groups excluding tert-OH is 1. The van der Waals surface area contributed by atoms with Crippen molar-refractivity contribution in [3.63, 3.8) is 0 Å². The molecule has 0 bridgehead atoms. The van der Waals surface area contributed by atoms with Gasteiger partial charge in [-0.2, -0.15) is 0 Å². The molecule has 7 rings (SSSR count). The summed E-state index contributed by atoms with van der Waals surface area (Å²) in [6.07, 6.45) is 4.71. The van der Waals surface area contributed by atoms with Crippen LogP contribution in [0.25, 0.3) is 11.3 Å². The van der Waals surface area contributed by atoms with Crippen molar-refractivity contribution in [2.75, 3.05) is 40.3 Å². The van der Waals surface area contributed by atoms with Crippen molar-refractivity contribution < 1.29 is 29.0 Å². The highest BCUT2D eigenvalue weighted by molar-refractivity contribution is 6.31. The molecule has 0 unspecified atom stereocenters. The molecule has 0 spiro atoms. The average Bonchev–Trinajstić information content (AvgIpc) is 3.96. The predicted octanol–water partition coefficient (Wildman–Crippen LogP) is 6.77. The van der Waals surface area contributed by atoms with Gasteiger partial charge in [0.05, 0.1) is 43.5 Å². The van der Waals surface area contributed by atoms with Gasteiger partial charge in [0.15, 0.2) is 0 Å². The SMILES string of the molecule is C[C@H]1C(=O)N[C@@H](CO)C(=O)N(C)[C@H](Cc2ccc(Cl)cc2)CN(C)C(=O)[C@H](Cc2ccccc2)CC(=O)N1Cc1ccc(Cl)cc1Oc1ccc(-c2cnc(CN3CCCC3)n2C)cc1. The van der Waals surface area contributed by atoms with Crippen molar-refractivity contribution >= 4 is 46.8 Å². The highest BCUT2D eigenvalue weighted by Gasteiger charge is 2.37. The number of aromatic nitrogens is 2. The molecule has 1 aromatic heterocycles. The van der Waals surface area contributed by atoms with Crippen molar-refractivity contribution in [1.82, 2.24) is 34.5 Å². The van der Waals surface area contributed by atoms with Crippen LogP contribution in [0.4, 0.5) is 0 Å². The predicted molar refractivity (Wildman–Crippen MR) is 251 cm³/mol. The Morgan fingerprint density at radius 2 is 1.48 bits per heavy atom. The lowest BCUT2D eigenvalue weighted by molar-refractivity contribution is -0.147. The molecule has 2 fully saturated rings. The quantitative estimate of drug-likeness (QED) is 0.140. The van der Waals surface area contributed by atoms with Crippen LogP contribution >= 0.6 is 23.2 Å². The minimum absolute atomic E-state index is 0.101. The minimum Gasteiger partial charge on any atom is -0.457 e. The van der Waals surface area contributed by atoms with Gasteiger partial charge >= 0.3 is 0 Å². The zero-order chi connectivity index (χ0) is 46.2. The highest BCUT2D eigenvalue weighted by atomic mass is 35.5. The van der Waals surface area contributed by atoms with Gasteiger partial charge in [-0.25, -0.2) is 4.98 Å². The Balaban J connectivity index is 1.17. The molecule has 4 atom stereocenters. The van der Waals surface area contributed by atoms with Gasteiger partial charge in [0.25, 0.3) is 0 Å². The van der Waals surface area contributed by atoms with E-state index >= 15 is 0 Å². The maximum atomic E-state index is 14.8. The Morgan fingerprint density at radius 1 is 0.800 bits per heavy atom. The first kappa shape index (κ1) is 47.2. The number of amides is 4. The number of likely N-dealkylation sites (N-methyl/N-ethyl adjacent to an activating group) is 2. The summed E-state index contributed by atoms with van der Waals surface area (Å²) < 4.78 is 8.58. The molecule has 13 nitrogen and oxygen atoms in total. The van der Waals surface area contributed by atoms with E-state index in [0.717, 1.165) is 47.8 Å². The fourth-order valence-corrected chi connectivity index (χ4v) is 8.94. The van der Waals surface area contributed by atoms with Gasteiger partial charge in [-0.1, -0.05) is 71.7 Å². The Morgan fingerprint density at radius 3 is 2.17 bits per heavy atom. The van der Waals surface area contributed by atoms with Crippen molar-refractivity contribution in [3.05, 3.63) is 136 Å². The van der Waals surface area contributed by atoms with Crippen LogP contribution < -0.4 is 10.1 Å². The summed E-state index contributed by atoms with van der Waals surface area (Å²) in [5, 5.41) is 14.2. The van der Waals surface area contributed by atoms with Gasteiger partial charge in [0.2, 0.25) is 23.6 Å². The number of hydrogen-bond donors (Lipinski definition) is 2. The number of halogens is 2. The molecule has 65 heavy (non-hydrogen) atoms. The number of hydrogen-bond acceptors (Lipinski definition) is 8. The lowest BCUT2D eigenvalue weighted by atomic mass is 9.93. The molecule has 2 N–H and O–H groups in total. The molecule has 3 heterocycles. The van der Waals surface area contributed by atoms with Crippen molar-refractivity contribution in [2.24, 2.45) is 13.0 Å². The van der Waals surface area contributed by atoms with Crippen LogP contribution in [-0.4, -0.2) is 116 Å². The number of benzene rings is 4. The van der Waals surface area contributed by atoms with E-state index in [1.54, 1.807) is 56.3 Å². The van der Waals surface area contributed by atoms with E-state index in [1.807, 2.05) is 80.0 Å². The second-order valence-corrected chi connectivity index (χ2v) is 18.0. The van der Waals surface area contributed by atoms with Crippen LogP contribution in [-0.2, 0) is 52.2 Å². The number of rotatable bonds is 12. The van der Waals surface area contributed by atoms with Gasteiger partial charge in [-0.3, -0.25) is 24.1 Å². The maximum absolute atomic E-state index is 14.8. The summed E-state index contributed by atoms with van der Waals surface area (Å²) in [5.41, 5.74) is 4.24. The van der Waals surface area contributed by atoms with Crippen LogP contribution in [0.15, 0.2) is 103 Å².